The van der Waals surface area contributed by atoms with E-state index >= 15 is 0 Å². The number of carbonyl (C=O) groups excluding carboxylic acids is 1. The number of amides is 1. The first-order valence-corrected chi connectivity index (χ1v) is 7.37. The zero-order chi connectivity index (χ0) is 15.7. The second-order valence-electron chi connectivity index (χ2n) is 6.22. The first kappa shape index (κ1) is 16.6. The van der Waals surface area contributed by atoms with Crippen LogP contribution in [0.4, 0.5) is 0 Å². The Labute approximate surface area is 123 Å². The Morgan fingerprint density at radius 3 is 2.20 bits per heavy atom. The molecule has 1 atom stereocenters. The van der Waals surface area contributed by atoms with Crippen LogP contribution in [0.5, 0.6) is 0 Å². The van der Waals surface area contributed by atoms with Crippen molar-refractivity contribution >= 4 is 23.2 Å². The Bertz CT molecular complexity index is 515. The van der Waals surface area contributed by atoms with Crippen LogP contribution in [0, 0.1) is 12.8 Å². The van der Waals surface area contributed by atoms with Crippen molar-refractivity contribution in [1.82, 2.24) is 10.3 Å². The van der Waals surface area contributed by atoms with Gasteiger partial charge in [-0.2, -0.15) is 0 Å². The summed E-state index contributed by atoms with van der Waals surface area (Å²) >= 11 is 1.32. The molecule has 2 N–H and O–H groups in total. The van der Waals surface area contributed by atoms with E-state index in [2.05, 4.69) is 10.3 Å². The Kier molecular flexibility index (Phi) is 4.91. The predicted molar refractivity (Wildman–Crippen MR) is 79.3 cm³/mol. The maximum absolute atomic E-state index is 12.2. The largest absolute Gasteiger partial charge is 0.480 e. The lowest BCUT2D eigenvalue weighted by molar-refractivity contribution is -0.140. The first-order chi connectivity index (χ1) is 9.04. The van der Waals surface area contributed by atoms with Crippen molar-refractivity contribution in [1.29, 1.82) is 0 Å². The minimum Gasteiger partial charge on any atom is -0.480 e. The van der Waals surface area contributed by atoms with Gasteiger partial charge >= 0.3 is 5.97 Å². The lowest BCUT2D eigenvalue weighted by atomic mass is 9.98. The van der Waals surface area contributed by atoms with Crippen molar-refractivity contribution in [3.63, 3.8) is 0 Å². The van der Waals surface area contributed by atoms with Gasteiger partial charge in [-0.15, -0.1) is 11.3 Å². The molecule has 1 amide bonds. The lowest BCUT2D eigenvalue weighted by Crippen LogP contribution is -2.44. The van der Waals surface area contributed by atoms with Gasteiger partial charge < -0.3 is 10.4 Å². The van der Waals surface area contributed by atoms with Gasteiger partial charge in [-0.05, 0) is 12.8 Å². The van der Waals surface area contributed by atoms with E-state index in [0.29, 0.717) is 10.6 Å². The SMILES string of the molecule is Cc1nc(C(C)(C)C)sc1C(=O)N[C@@H](C(=O)O)C(C)C. The Balaban J connectivity index is 2.98. The number of thiazole rings is 1. The molecule has 0 spiro atoms. The van der Waals surface area contributed by atoms with Crippen LogP contribution in [0.2, 0.25) is 0 Å². The number of hydrogen-bond acceptors (Lipinski definition) is 4. The molecule has 1 heterocycles. The number of hydrogen-bond donors (Lipinski definition) is 2. The number of carbonyl (C=O) groups is 2. The molecule has 6 heteroatoms. The number of aromatic nitrogens is 1. The van der Waals surface area contributed by atoms with Crippen LogP contribution in [-0.2, 0) is 10.2 Å². The molecule has 0 saturated heterocycles. The van der Waals surface area contributed by atoms with Crippen LogP contribution in [-0.4, -0.2) is 28.0 Å². The minimum atomic E-state index is -1.02. The van der Waals surface area contributed by atoms with Gasteiger partial charge in [0.05, 0.1) is 10.7 Å². The molecule has 0 radical (unpaired) electrons. The second kappa shape index (κ2) is 5.91. The highest BCUT2D eigenvalue weighted by Crippen LogP contribution is 2.29. The predicted octanol–water partition coefficient (Wildman–Crippen LogP) is 2.59. The smallest absolute Gasteiger partial charge is 0.326 e. The molecule has 1 aromatic rings. The Morgan fingerprint density at radius 2 is 1.85 bits per heavy atom. The third-order valence-electron chi connectivity index (χ3n) is 2.86. The number of aryl methyl sites for hydroxylation is 1. The highest BCUT2D eigenvalue weighted by molar-refractivity contribution is 7.14. The standard InChI is InChI=1S/C14H22N2O3S/c1-7(2)9(12(18)19)16-11(17)10-8(3)15-13(20-10)14(4,5)6/h7,9H,1-6H3,(H,16,17)(H,18,19)/t9-/m1/s1. The normalized spacial score (nSPS) is 13.3. The summed E-state index contributed by atoms with van der Waals surface area (Å²) in [5.41, 5.74) is 0.517. The van der Waals surface area contributed by atoms with Crippen molar-refractivity contribution in [2.45, 2.75) is 53.0 Å². The molecule has 0 bridgehead atoms. The van der Waals surface area contributed by atoms with Gasteiger partial charge in [0.2, 0.25) is 0 Å². The van der Waals surface area contributed by atoms with Crippen molar-refractivity contribution in [2.24, 2.45) is 5.92 Å². The summed E-state index contributed by atoms with van der Waals surface area (Å²) in [7, 11) is 0. The molecule has 5 nitrogen and oxygen atoms in total. The highest BCUT2D eigenvalue weighted by Gasteiger charge is 2.27. The summed E-state index contributed by atoms with van der Waals surface area (Å²) < 4.78 is 0. The molecule has 0 fully saturated rings. The van der Waals surface area contributed by atoms with Gasteiger partial charge in [0.25, 0.3) is 5.91 Å². The van der Waals surface area contributed by atoms with E-state index in [0.717, 1.165) is 5.01 Å². The molecule has 0 saturated carbocycles. The van der Waals surface area contributed by atoms with E-state index in [1.54, 1.807) is 20.8 Å². The van der Waals surface area contributed by atoms with Crippen LogP contribution in [0.25, 0.3) is 0 Å². The molecular weight excluding hydrogens is 276 g/mol. The zero-order valence-corrected chi connectivity index (χ0v) is 13.6. The lowest BCUT2D eigenvalue weighted by Gasteiger charge is -2.17. The fraction of sp³-hybridized carbons (Fsp3) is 0.643. The number of carboxylic acids is 1. The van der Waals surface area contributed by atoms with Crippen molar-refractivity contribution in [2.75, 3.05) is 0 Å². The number of nitrogens with one attached hydrogen (secondary N) is 1. The van der Waals surface area contributed by atoms with Crippen LogP contribution >= 0.6 is 11.3 Å². The van der Waals surface area contributed by atoms with E-state index in [9.17, 15) is 9.59 Å². The van der Waals surface area contributed by atoms with E-state index in [1.165, 1.54) is 11.3 Å². The summed E-state index contributed by atoms with van der Waals surface area (Å²) in [6.07, 6.45) is 0. The van der Waals surface area contributed by atoms with E-state index in [4.69, 9.17) is 5.11 Å². The molecule has 20 heavy (non-hydrogen) atoms. The average molecular weight is 298 g/mol. The summed E-state index contributed by atoms with van der Waals surface area (Å²) in [6.45, 7) is 11.4. The fourth-order valence-corrected chi connectivity index (χ4v) is 2.68. The van der Waals surface area contributed by atoms with Crippen LogP contribution in [0.15, 0.2) is 0 Å². The molecule has 1 aromatic heterocycles. The number of rotatable bonds is 4. The Morgan fingerprint density at radius 1 is 1.30 bits per heavy atom. The highest BCUT2D eigenvalue weighted by atomic mass is 32.1. The molecule has 112 valence electrons. The van der Waals surface area contributed by atoms with Gasteiger partial charge in [0.1, 0.15) is 10.9 Å². The molecule has 0 aromatic carbocycles. The first-order valence-electron chi connectivity index (χ1n) is 6.55. The van der Waals surface area contributed by atoms with Gasteiger partial charge in [0.15, 0.2) is 0 Å². The molecule has 0 aliphatic carbocycles. The summed E-state index contributed by atoms with van der Waals surface area (Å²) in [5.74, 6) is -1.56. The van der Waals surface area contributed by atoms with E-state index in [1.807, 2.05) is 20.8 Å². The van der Waals surface area contributed by atoms with Crippen LogP contribution in [0.1, 0.15) is 55.0 Å². The van der Waals surface area contributed by atoms with E-state index < -0.39 is 12.0 Å². The summed E-state index contributed by atoms with van der Waals surface area (Å²) in [4.78, 5) is 28.2. The fourth-order valence-electron chi connectivity index (χ4n) is 1.65. The topological polar surface area (TPSA) is 79.3 Å². The molecule has 0 aliphatic rings. The number of aliphatic carboxylic acids is 1. The molecule has 1 rings (SSSR count). The maximum Gasteiger partial charge on any atom is 0.326 e. The molecular formula is C14H22N2O3S. The van der Waals surface area contributed by atoms with Crippen LogP contribution in [0.3, 0.4) is 0 Å². The van der Waals surface area contributed by atoms with Crippen molar-refractivity contribution in [3.05, 3.63) is 15.6 Å². The van der Waals surface area contributed by atoms with Crippen molar-refractivity contribution < 1.29 is 14.7 Å². The monoisotopic (exact) mass is 298 g/mol. The van der Waals surface area contributed by atoms with Gasteiger partial charge in [-0.3, -0.25) is 4.79 Å². The van der Waals surface area contributed by atoms with Gasteiger partial charge in [-0.25, -0.2) is 9.78 Å². The van der Waals surface area contributed by atoms with Gasteiger partial charge in [0, 0.05) is 5.41 Å². The summed E-state index contributed by atoms with van der Waals surface area (Å²) in [6, 6.07) is -0.887. The third-order valence-corrected chi connectivity index (χ3v) is 4.45. The number of carboxylic acid groups (broad SMARTS) is 1. The maximum atomic E-state index is 12.2. The summed E-state index contributed by atoms with van der Waals surface area (Å²) in [5, 5.41) is 12.6. The van der Waals surface area contributed by atoms with Crippen LogP contribution < -0.4 is 5.32 Å². The minimum absolute atomic E-state index is 0.127. The third kappa shape index (κ3) is 3.79. The molecule has 0 aliphatic heterocycles. The number of nitrogens with zero attached hydrogens (tertiary/aromatic N) is 1. The van der Waals surface area contributed by atoms with Gasteiger partial charge in [-0.1, -0.05) is 34.6 Å². The average Bonchev–Trinajstić information content (AvgIpc) is 2.66. The van der Waals surface area contributed by atoms with Crippen molar-refractivity contribution in [3.8, 4) is 0 Å². The quantitative estimate of drug-likeness (QED) is 0.895. The molecule has 0 unspecified atom stereocenters. The van der Waals surface area contributed by atoms with E-state index in [-0.39, 0.29) is 17.2 Å². The zero-order valence-electron chi connectivity index (χ0n) is 12.8. The second-order valence-corrected chi connectivity index (χ2v) is 7.22. The Hall–Kier alpha value is -1.43.